The number of aliphatic hydroxyl groups excluding tert-OH is 1. The summed E-state index contributed by atoms with van der Waals surface area (Å²) in [4.78, 5) is 0. The van der Waals surface area contributed by atoms with Crippen molar-refractivity contribution in [3.05, 3.63) is 0 Å². The summed E-state index contributed by atoms with van der Waals surface area (Å²) >= 11 is 0. The fraction of sp³-hybridized carbons (Fsp3) is 1.00. The lowest BCUT2D eigenvalue weighted by Crippen LogP contribution is -2.46. The standard InChI is InChI=1S/C19H32O/c1-12-3-6-18-17-11-13-4-5-16(20)10-15(13)9-14(17)7-8-19(12,18)2/h12-18,20H,3-11H2,1-2H3/t12-,13-,14+,15+,16-,17+,18-,19+/m0/s1. The predicted molar refractivity (Wildman–Crippen MR) is 82.3 cm³/mol. The van der Waals surface area contributed by atoms with E-state index >= 15 is 0 Å². The Morgan fingerprint density at radius 3 is 2.55 bits per heavy atom. The molecule has 0 bridgehead atoms. The van der Waals surface area contributed by atoms with Crippen LogP contribution in [0.5, 0.6) is 0 Å². The van der Waals surface area contributed by atoms with Gasteiger partial charge in [0.05, 0.1) is 6.10 Å². The van der Waals surface area contributed by atoms with Crippen molar-refractivity contribution in [1.29, 1.82) is 0 Å². The Morgan fingerprint density at radius 2 is 1.70 bits per heavy atom. The second kappa shape index (κ2) is 4.73. The van der Waals surface area contributed by atoms with Crippen molar-refractivity contribution in [2.24, 2.45) is 40.9 Å². The minimum atomic E-state index is 0.0214. The SMILES string of the molecule is C[C@H]1CC[C@H]2[C@@H]3C[C@@H]4CC[C@H](O)C[C@H]4C[C@H]3CC[C@]12C. The summed E-state index contributed by atoms with van der Waals surface area (Å²) in [5, 5.41) is 9.97. The van der Waals surface area contributed by atoms with Crippen molar-refractivity contribution >= 4 is 0 Å². The van der Waals surface area contributed by atoms with Crippen molar-refractivity contribution in [3.8, 4) is 0 Å². The van der Waals surface area contributed by atoms with Gasteiger partial charge in [0.2, 0.25) is 0 Å². The molecule has 1 N–H and O–H groups in total. The highest BCUT2D eigenvalue weighted by Gasteiger charge is 2.54. The normalized spacial score (nSPS) is 58.6. The molecule has 4 aliphatic rings. The van der Waals surface area contributed by atoms with Crippen molar-refractivity contribution < 1.29 is 5.11 Å². The van der Waals surface area contributed by atoms with Crippen LogP contribution >= 0.6 is 0 Å². The van der Waals surface area contributed by atoms with Crippen LogP contribution in [0.25, 0.3) is 0 Å². The molecule has 114 valence electrons. The third-order valence-corrected chi connectivity index (χ3v) is 8.35. The van der Waals surface area contributed by atoms with E-state index in [1.165, 1.54) is 44.9 Å². The zero-order valence-corrected chi connectivity index (χ0v) is 13.4. The van der Waals surface area contributed by atoms with Gasteiger partial charge in [-0.25, -0.2) is 0 Å². The van der Waals surface area contributed by atoms with Crippen LogP contribution in [0.15, 0.2) is 0 Å². The minimum absolute atomic E-state index is 0.0214. The molecule has 0 amide bonds. The number of fused-ring (bicyclic) bond motifs is 4. The molecule has 0 saturated heterocycles. The van der Waals surface area contributed by atoms with Gasteiger partial charge in [0.25, 0.3) is 0 Å². The smallest absolute Gasteiger partial charge is 0.0543 e. The monoisotopic (exact) mass is 276 g/mol. The van der Waals surface area contributed by atoms with Crippen molar-refractivity contribution in [3.63, 3.8) is 0 Å². The van der Waals surface area contributed by atoms with Gasteiger partial charge >= 0.3 is 0 Å². The number of hydrogen-bond acceptors (Lipinski definition) is 1. The molecule has 0 aromatic carbocycles. The fourth-order valence-electron chi connectivity index (χ4n) is 6.92. The molecule has 1 heteroatoms. The van der Waals surface area contributed by atoms with Gasteiger partial charge in [0.1, 0.15) is 0 Å². The molecule has 8 atom stereocenters. The van der Waals surface area contributed by atoms with Crippen LogP contribution in [0.1, 0.15) is 71.6 Å². The lowest BCUT2D eigenvalue weighted by Gasteiger charge is -2.54. The lowest BCUT2D eigenvalue weighted by atomic mass is 9.51. The summed E-state index contributed by atoms with van der Waals surface area (Å²) in [5.74, 6) is 5.85. The second-order valence-corrected chi connectivity index (χ2v) is 9.01. The van der Waals surface area contributed by atoms with Crippen LogP contribution in [0.4, 0.5) is 0 Å². The van der Waals surface area contributed by atoms with Crippen molar-refractivity contribution in [1.82, 2.24) is 0 Å². The van der Waals surface area contributed by atoms with E-state index in [1.807, 2.05) is 0 Å². The van der Waals surface area contributed by atoms with Gasteiger partial charge in [-0.3, -0.25) is 0 Å². The zero-order valence-electron chi connectivity index (χ0n) is 13.4. The van der Waals surface area contributed by atoms with Crippen LogP contribution in [0.2, 0.25) is 0 Å². The molecule has 0 unspecified atom stereocenters. The average molecular weight is 276 g/mol. The maximum Gasteiger partial charge on any atom is 0.0543 e. The Bertz CT molecular complexity index is 378. The maximum atomic E-state index is 9.97. The van der Waals surface area contributed by atoms with E-state index in [-0.39, 0.29) is 6.10 Å². The van der Waals surface area contributed by atoms with Crippen LogP contribution in [0, 0.1) is 40.9 Å². The number of hydrogen-bond donors (Lipinski definition) is 1. The first-order valence-corrected chi connectivity index (χ1v) is 9.26. The van der Waals surface area contributed by atoms with E-state index < -0.39 is 0 Å². The van der Waals surface area contributed by atoms with Crippen LogP contribution in [0.3, 0.4) is 0 Å². The predicted octanol–water partition coefficient (Wildman–Crippen LogP) is 4.64. The van der Waals surface area contributed by atoms with Crippen molar-refractivity contribution in [2.45, 2.75) is 77.7 Å². The Balaban J connectivity index is 1.54. The molecule has 0 aliphatic heterocycles. The number of rotatable bonds is 0. The van der Waals surface area contributed by atoms with E-state index in [1.54, 1.807) is 0 Å². The Morgan fingerprint density at radius 1 is 0.850 bits per heavy atom. The first-order valence-electron chi connectivity index (χ1n) is 9.26. The Kier molecular flexibility index (Phi) is 3.22. The van der Waals surface area contributed by atoms with Gasteiger partial charge in [0.15, 0.2) is 0 Å². The Hall–Kier alpha value is -0.0400. The molecular formula is C19H32O. The fourth-order valence-corrected chi connectivity index (χ4v) is 6.92. The van der Waals surface area contributed by atoms with E-state index in [0.29, 0.717) is 5.41 Å². The molecule has 0 radical (unpaired) electrons. The van der Waals surface area contributed by atoms with Crippen LogP contribution in [-0.4, -0.2) is 11.2 Å². The lowest BCUT2D eigenvalue weighted by molar-refractivity contribution is -0.0597. The molecule has 4 aliphatic carbocycles. The van der Waals surface area contributed by atoms with E-state index in [4.69, 9.17) is 0 Å². The summed E-state index contributed by atoms with van der Waals surface area (Å²) in [5.41, 5.74) is 0.669. The zero-order chi connectivity index (χ0) is 13.9. The molecule has 4 rings (SSSR count). The first-order chi connectivity index (χ1) is 9.58. The van der Waals surface area contributed by atoms with E-state index in [9.17, 15) is 5.11 Å². The van der Waals surface area contributed by atoms with Crippen LogP contribution < -0.4 is 0 Å². The third kappa shape index (κ3) is 1.91. The summed E-state index contributed by atoms with van der Waals surface area (Å²) in [6.07, 6.45) is 12.5. The largest absolute Gasteiger partial charge is 0.393 e. The molecule has 4 saturated carbocycles. The Labute approximate surface area is 124 Å². The average Bonchev–Trinajstić information content (AvgIpc) is 2.73. The molecule has 20 heavy (non-hydrogen) atoms. The molecule has 4 fully saturated rings. The molecule has 0 aromatic heterocycles. The van der Waals surface area contributed by atoms with Gasteiger partial charge in [-0.2, -0.15) is 0 Å². The summed E-state index contributed by atoms with van der Waals surface area (Å²) < 4.78 is 0. The van der Waals surface area contributed by atoms with Gasteiger partial charge in [-0.15, -0.1) is 0 Å². The van der Waals surface area contributed by atoms with Crippen molar-refractivity contribution in [2.75, 3.05) is 0 Å². The van der Waals surface area contributed by atoms with Gasteiger partial charge in [-0.05, 0) is 98.7 Å². The topological polar surface area (TPSA) is 20.2 Å². The first kappa shape index (κ1) is 13.6. The highest BCUT2D eigenvalue weighted by Crippen LogP contribution is 2.63. The summed E-state index contributed by atoms with van der Waals surface area (Å²) in [6, 6.07) is 0. The number of aliphatic hydroxyl groups is 1. The second-order valence-electron chi connectivity index (χ2n) is 9.01. The summed E-state index contributed by atoms with van der Waals surface area (Å²) in [7, 11) is 0. The minimum Gasteiger partial charge on any atom is -0.393 e. The summed E-state index contributed by atoms with van der Waals surface area (Å²) in [6.45, 7) is 5.13. The van der Waals surface area contributed by atoms with Gasteiger partial charge in [-0.1, -0.05) is 13.8 Å². The third-order valence-electron chi connectivity index (χ3n) is 8.35. The molecular weight excluding hydrogens is 244 g/mol. The maximum absolute atomic E-state index is 9.97. The molecule has 0 heterocycles. The van der Waals surface area contributed by atoms with Gasteiger partial charge in [0, 0.05) is 0 Å². The molecule has 1 nitrogen and oxygen atoms in total. The van der Waals surface area contributed by atoms with Gasteiger partial charge < -0.3 is 5.11 Å². The quantitative estimate of drug-likeness (QED) is 0.683. The molecule has 0 aromatic rings. The van der Waals surface area contributed by atoms with E-state index in [2.05, 4.69) is 13.8 Å². The van der Waals surface area contributed by atoms with E-state index in [0.717, 1.165) is 48.3 Å². The highest BCUT2D eigenvalue weighted by atomic mass is 16.3. The highest BCUT2D eigenvalue weighted by molar-refractivity contribution is 5.04. The van der Waals surface area contributed by atoms with Crippen LogP contribution in [-0.2, 0) is 0 Å². The molecule has 0 spiro atoms.